The second kappa shape index (κ2) is 8.54. The summed E-state index contributed by atoms with van der Waals surface area (Å²) in [7, 11) is -10.3. The number of alkyl halides is 3. The molecular weight excluding hydrogens is 836 g/mol. The molecule has 1 aromatic rings. The van der Waals surface area contributed by atoms with Gasteiger partial charge in [0, 0.05) is 22.5 Å². The zero-order valence-electron chi connectivity index (χ0n) is 15.7. The highest BCUT2D eigenvalue weighted by Gasteiger charge is 2.72. The molecule has 0 spiro atoms. The van der Waals surface area contributed by atoms with Crippen LogP contribution in [0.25, 0.3) is 0 Å². The molecule has 1 N–H and O–H groups in total. The second-order valence-corrected chi connectivity index (χ2v) is 14.5. The van der Waals surface area contributed by atoms with Crippen LogP contribution in [0.15, 0.2) is 12.1 Å². The maximum atomic E-state index is 12.9. The zero-order valence-corrected chi connectivity index (χ0v) is 23.8. The van der Waals surface area contributed by atoms with Crippen molar-refractivity contribution in [2.24, 2.45) is 17.8 Å². The molecule has 1 aromatic carbocycles. The van der Waals surface area contributed by atoms with Gasteiger partial charge >= 0.3 is 21.5 Å². The van der Waals surface area contributed by atoms with E-state index in [4.69, 9.17) is 8.92 Å². The van der Waals surface area contributed by atoms with Crippen LogP contribution in [-0.2, 0) is 33.9 Å². The van der Waals surface area contributed by atoms with Gasteiger partial charge in [0.1, 0.15) is 11.4 Å². The van der Waals surface area contributed by atoms with Crippen LogP contribution in [0.4, 0.5) is 13.2 Å². The number of nitrogens with one attached hydrogen (secondary N) is 1. The van der Waals surface area contributed by atoms with Gasteiger partial charge in [-0.3, -0.25) is 8.98 Å². The number of hydrogen-bond donors (Lipinski definition) is 1. The van der Waals surface area contributed by atoms with E-state index in [0.717, 1.165) is 8.29 Å². The van der Waals surface area contributed by atoms with E-state index in [-0.39, 0.29) is 12.0 Å². The van der Waals surface area contributed by atoms with Gasteiger partial charge in [-0.1, -0.05) is 0 Å². The van der Waals surface area contributed by atoms with Crippen molar-refractivity contribution in [3.63, 3.8) is 0 Å². The molecule has 0 radical (unpaired) electrons. The summed E-state index contributed by atoms with van der Waals surface area (Å²) in [4.78, 5) is 25.4. The number of rotatable bonds is 4. The van der Waals surface area contributed by atoms with E-state index < -0.39 is 72.7 Å². The number of esters is 1. The minimum absolute atomic E-state index is 0.0115. The maximum absolute atomic E-state index is 12.9. The van der Waals surface area contributed by atoms with Crippen molar-refractivity contribution in [2.45, 2.75) is 29.4 Å². The van der Waals surface area contributed by atoms with E-state index in [9.17, 15) is 39.6 Å². The van der Waals surface area contributed by atoms with Crippen LogP contribution < -0.4 is 4.72 Å². The molecule has 1 amide bonds. The van der Waals surface area contributed by atoms with Gasteiger partial charge in [-0.2, -0.15) is 30.0 Å². The highest BCUT2D eigenvalue weighted by Crippen LogP contribution is 2.58. The highest BCUT2D eigenvalue weighted by atomic mass is 127. The fourth-order valence-corrected chi connectivity index (χ4v) is 9.50. The van der Waals surface area contributed by atoms with Crippen molar-refractivity contribution < 1.29 is 48.5 Å². The summed E-state index contributed by atoms with van der Waals surface area (Å²) >= 11 is 5.91. The maximum Gasteiger partial charge on any atom is 0.516 e. The Kier molecular flexibility index (Phi) is 6.75. The average molecular weight is 847 g/mol. The normalized spacial score (nSPS) is 32.1. The summed E-state index contributed by atoms with van der Waals surface area (Å²) in [5.41, 5.74) is -5.58. The lowest BCUT2D eigenvalue weighted by atomic mass is 9.83. The number of hydrogen-bond acceptors (Lipinski definition) is 8. The molecule has 17 heteroatoms. The number of benzene rings is 1. The summed E-state index contributed by atoms with van der Waals surface area (Å²) in [5, 5.41) is -1.29. The second-order valence-electron chi connectivity index (χ2n) is 7.64. The van der Waals surface area contributed by atoms with Crippen LogP contribution in [0, 0.1) is 28.5 Å². The third-order valence-corrected chi connectivity index (χ3v) is 12.3. The predicted molar refractivity (Wildman–Crippen MR) is 130 cm³/mol. The SMILES string of the molecule is O=C(OC1C2CC3C(OS(=O)(=O)C31)C2C(=O)NS(=O)(=O)C(F)(F)F)c1cc(I)cc(I)c1I. The van der Waals surface area contributed by atoms with Gasteiger partial charge in [0.2, 0.25) is 5.91 Å². The third kappa shape index (κ3) is 4.39. The first-order valence-electron chi connectivity index (χ1n) is 8.95. The summed E-state index contributed by atoms with van der Waals surface area (Å²) in [6.45, 7) is 0. The molecule has 3 aliphatic rings. The molecule has 6 atom stereocenters. The number of amides is 1. The molecule has 2 aliphatic carbocycles. The quantitative estimate of drug-likeness (QED) is 0.212. The topological polar surface area (TPSA) is 133 Å². The summed E-state index contributed by atoms with van der Waals surface area (Å²) in [6.07, 6.45) is -2.71. The van der Waals surface area contributed by atoms with Gasteiger partial charge in [-0.05, 0) is 86.3 Å². The molecule has 1 saturated heterocycles. The molecule has 0 aromatic heterocycles. The van der Waals surface area contributed by atoms with Crippen LogP contribution in [0.3, 0.4) is 0 Å². The minimum Gasteiger partial charge on any atom is -0.457 e. The van der Waals surface area contributed by atoms with Crippen LogP contribution in [0.1, 0.15) is 16.8 Å². The monoisotopic (exact) mass is 847 g/mol. The lowest BCUT2D eigenvalue weighted by molar-refractivity contribution is -0.129. The summed E-state index contributed by atoms with van der Waals surface area (Å²) in [5.74, 6) is -5.84. The molecule has 2 saturated carbocycles. The minimum atomic E-state index is -6.01. The van der Waals surface area contributed by atoms with Crippen molar-refractivity contribution in [3.05, 3.63) is 28.4 Å². The van der Waals surface area contributed by atoms with Crippen molar-refractivity contribution in [1.29, 1.82) is 0 Å². The van der Waals surface area contributed by atoms with E-state index in [0.29, 0.717) is 7.14 Å². The smallest absolute Gasteiger partial charge is 0.457 e. The van der Waals surface area contributed by atoms with Crippen LogP contribution in [0.2, 0.25) is 0 Å². The van der Waals surface area contributed by atoms with Crippen LogP contribution >= 0.6 is 67.8 Å². The Bertz CT molecular complexity index is 1270. The standard InChI is InChI=1S/C16H11F3I3NO8S2/c17-16(18,19)33(28,29)23-14(24)9-5-3-7-11(9)31-32(26,27)13(7)12(5)30-15(25)6-1-4(20)2-8(21)10(6)22/h1-2,5,7,9,11-13H,3H2,(H,23,24). The number of halogens is 6. The fourth-order valence-electron chi connectivity index (χ4n) is 4.63. The van der Waals surface area contributed by atoms with E-state index >= 15 is 0 Å². The van der Waals surface area contributed by atoms with Gasteiger partial charge in [0.05, 0.1) is 17.6 Å². The lowest BCUT2D eigenvalue weighted by Crippen LogP contribution is -2.51. The first-order valence-corrected chi connectivity index (χ1v) is 15.1. The molecule has 1 aliphatic heterocycles. The Hall–Kier alpha value is -0.000000000000000111. The van der Waals surface area contributed by atoms with E-state index in [1.807, 2.05) is 67.8 Å². The molecule has 6 unspecified atom stereocenters. The lowest BCUT2D eigenvalue weighted by Gasteiger charge is -2.30. The van der Waals surface area contributed by atoms with E-state index in [1.54, 1.807) is 6.07 Å². The largest absolute Gasteiger partial charge is 0.516 e. The first kappa shape index (κ1) is 26.1. The fraction of sp³-hybridized carbons (Fsp3) is 0.500. The molecule has 4 rings (SSSR count). The summed E-state index contributed by atoms with van der Waals surface area (Å²) in [6, 6.07) is 3.33. The van der Waals surface area contributed by atoms with Crippen LogP contribution in [0.5, 0.6) is 0 Å². The average Bonchev–Trinajstić information content (AvgIpc) is 3.24. The third-order valence-electron chi connectivity index (χ3n) is 5.83. The molecule has 33 heavy (non-hydrogen) atoms. The number of ether oxygens (including phenoxy) is 1. The Morgan fingerprint density at radius 3 is 2.39 bits per heavy atom. The van der Waals surface area contributed by atoms with Crippen molar-refractivity contribution in [3.8, 4) is 0 Å². The first-order chi connectivity index (χ1) is 15.0. The number of sulfonamides is 1. The van der Waals surface area contributed by atoms with Gasteiger partial charge in [0.15, 0.2) is 0 Å². The van der Waals surface area contributed by atoms with Gasteiger partial charge < -0.3 is 4.74 Å². The number of carbonyl (C=O) groups is 2. The molecule has 9 nitrogen and oxygen atoms in total. The van der Waals surface area contributed by atoms with Crippen molar-refractivity contribution in [1.82, 2.24) is 4.72 Å². The Morgan fingerprint density at radius 1 is 1.15 bits per heavy atom. The van der Waals surface area contributed by atoms with Crippen molar-refractivity contribution >= 4 is 99.8 Å². The number of fused-ring (bicyclic) bond motifs is 1. The van der Waals surface area contributed by atoms with E-state index in [2.05, 4.69) is 0 Å². The van der Waals surface area contributed by atoms with Crippen molar-refractivity contribution in [2.75, 3.05) is 0 Å². The molecule has 2 bridgehead atoms. The Balaban J connectivity index is 1.65. The molecule has 182 valence electrons. The summed E-state index contributed by atoms with van der Waals surface area (Å²) < 4.78 is 99.5. The van der Waals surface area contributed by atoms with Crippen LogP contribution in [-0.4, -0.2) is 51.7 Å². The Morgan fingerprint density at radius 2 is 1.79 bits per heavy atom. The van der Waals surface area contributed by atoms with Gasteiger partial charge in [-0.25, -0.2) is 9.52 Å². The zero-order chi connectivity index (χ0) is 24.7. The van der Waals surface area contributed by atoms with Gasteiger partial charge in [0.25, 0.3) is 10.1 Å². The molecule has 1 heterocycles. The molecule has 3 fully saturated rings. The highest BCUT2D eigenvalue weighted by molar-refractivity contribution is 14.1. The number of carbonyl (C=O) groups excluding carboxylic acids is 2. The van der Waals surface area contributed by atoms with Gasteiger partial charge in [-0.15, -0.1) is 0 Å². The Labute approximate surface area is 226 Å². The predicted octanol–water partition coefficient (Wildman–Crippen LogP) is 2.35. The molecular formula is C16H11F3I3NO8S2. The van der Waals surface area contributed by atoms with E-state index in [1.165, 1.54) is 6.07 Å².